The van der Waals surface area contributed by atoms with Crippen LogP contribution < -0.4 is 9.47 Å². The van der Waals surface area contributed by atoms with E-state index < -0.39 is 24.0 Å². The molecule has 7 heteroatoms. The van der Waals surface area contributed by atoms with E-state index in [9.17, 15) is 19.5 Å². The van der Waals surface area contributed by atoms with Crippen molar-refractivity contribution in [3.63, 3.8) is 0 Å². The number of fused-ring (bicyclic) bond motifs is 2. The minimum absolute atomic E-state index is 0.0157. The smallest absolute Gasteiger partial charge is 0.342 e. The molecule has 0 fully saturated rings. The first-order valence-electron chi connectivity index (χ1n) is 12.0. The summed E-state index contributed by atoms with van der Waals surface area (Å²) in [5.41, 5.74) is 1.59. The van der Waals surface area contributed by atoms with Gasteiger partial charge in [-0.1, -0.05) is 24.3 Å². The van der Waals surface area contributed by atoms with Gasteiger partial charge in [-0.3, -0.25) is 9.59 Å². The highest BCUT2D eigenvalue weighted by molar-refractivity contribution is 5.98. The van der Waals surface area contributed by atoms with Crippen LogP contribution in [0.2, 0.25) is 0 Å². The monoisotopic (exact) mass is 478 g/mol. The third-order valence-electron chi connectivity index (χ3n) is 6.47. The number of aromatic hydroxyl groups is 1. The van der Waals surface area contributed by atoms with E-state index in [1.54, 1.807) is 38.3 Å². The maximum absolute atomic E-state index is 13.3. The molecule has 0 unspecified atom stereocenters. The second-order valence-corrected chi connectivity index (χ2v) is 9.05. The molecule has 1 N–H and O–H groups in total. The standard InChI is InChI=1S/C28H30O7/c1-17-8-6-12-20(29)11-5-3-4-9-19-15-23-26(27(31)25(19)28(32)34-17)22(16-24(30)35-23)18-10-7-13-21(14-18)33-2/h4,7,9-10,13-15,17,22,31H,3,5-6,8,11-12,16H2,1-2H3/t17-,22-/m1/s1. The summed E-state index contributed by atoms with van der Waals surface area (Å²) < 4.78 is 16.5. The number of Topliss-reactive ketones (excluding diaryl/α,β-unsaturated/α-hetero) is 1. The predicted molar refractivity (Wildman–Crippen MR) is 130 cm³/mol. The Morgan fingerprint density at radius 1 is 1.09 bits per heavy atom. The quantitative estimate of drug-likeness (QED) is 0.460. The number of carbonyl (C=O) groups excluding carboxylic acids is 3. The van der Waals surface area contributed by atoms with Crippen molar-refractivity contribution in [2.75, 3.05) is 7.11 Å². The van der Waals surface area contributed by atoms with Gasteiger partial charge in [0.1, 0.15) is 28.6 Å². The van der Waals surface area contributed by atoms with Crippen LogP contribution in [0, 0.1) is 0 Å². The Kier molecular flexibility index (Phi) is 7.54. The van der Waals surface area contributed by atoms with Crippen molar-refractivity contribution in [2.45, 2.75) is 63.9 Å². The van der Waals surface area contributed by atoms with Gasteiger partial charge in [0.15, 0.2) is 0 Å². The molecule has 2 aromatic rings. The van der Waals surface area contributed by atoms with Gasteiger partial charge < -0.3 is 19.3 Å². The molecule has 0 saturated heterocycles. The number of phenolic OH excluding ortho intramolecular Hbond substituents is 1. The summed E-state index contributed by atoms with van der Waals surface area (Å²) in [6.07, 6.45) is 6.66. The maximum atomic E-state index is 13.3. The zero-order valence-electron chi connectivity index (χ0n) is 20.0. The Labute approximate surface area is 204 Å². The molecule has 0 aliphatic carbocycles. The van der Waals surface area contributed by atoms with Gasteiger partial charge in [-0.15, -0.1) is 0 Å². The number of esters is 2. The molecule has 0 spiro atoms. The number of carbonyl (C=O) groups is 3. The fourth-order valence-electron chi connectivity index (χ4n) is 4.66. The van der Waals surface area contributed by atoms with Crippen molar-refractivity contribution in [1.82, 2.24) is 0 Å². The summed E-state index contributed by atoms with van der Waals surface area (Å²) >= 11 is 0. The molecule has 0 radical (unpaired) electrons. The number of benzene rings is 2. The molecule has 0 aromatic heterocycles. The molecule has 184 valence electrons. The first-order valence-corrected chi connectivity index (χ1v) is 12.0. The fourth-order valence-corrected chi connectivity index (χ4v) is 4.66. The normalized spacial score (nSPS) is 21.3. The number of phenols is 1. The average Bonchev–Trinajstić information content (AvgIpc) is 2.82. The third-order valence-corrected chi connectivity index (χ3v) is 6.47. The van der Waals surface area contributed by atoms with Crippen molar-refractivity contribution >= 4 is 23.8 Å². The van der Waals surface area contributed by atoms with Crippen LogP contribution in [0.3, 0.4) is 0 Å². The number of hydrogen-bond acceptors (Lipinski definition) is 7. The van der Waals surface area contributed by atoms with Crippen LogP contribution in [-0.2, 0) is 14.3 Å². The highest BCUT2D eigenvalue weighted by Crippen LogP contribution is 2.47. The third kappa shape index (κ3) is 5.56. The fraction of sp³-hybridized carbons (Fsp3) is 0.393. The van der Waals surface area contributed by atoms with Crippen LogP contribution in [0.4, 0.5) is 0 Å². The number of rotatable bonds is 2. The lowest BCUT2D eigenvalue weighted by atomic mass is 9.83. The molecule has 2 heterocycles. The highest BCUT2D eigenvalue weighted by atomic mass is 16.5. The summed E-state index contributed by atoms with van der Waals surface area (Å²) in [6.45, 7) is 1.78. The zero-order chi connectivity index (χ0) is 24.9. The summed E-state index contributed by atoms with van der Waals surface area (Å²) in [7, 11) is 1.56. The molecule has 2 aromatic carbocycles. The number of allylic oxidation sites excluding steroid dienone is 1. The Morgan fingerprint density at radius 3 is 2.69 bits per heavy atom. The van der Waals surface area contributed by atoms with Crippen LogP contribution in [0.1, 0.15) is 84.8 Å². The highest BCUT2D eigenvalue weighted by Gasteiger charge is 2.35. The summed E-state index contributed by atoms with van der Waals surface area (Å²) in [6, 6.07) is 8.87. The molecule has 2 aliphatic rings. The minimum atomic E-state index is -0.651. The molecular weight excluding hydrogens is 448 g/mol. The van der Waals surface area contributed by atoms with Gasteiger partial charge in [0.2, 0.25) is 0 Å². The first kappa shape index (κ1) is 24.5. The van der Waals surface area contributed by atoms with E-state index in [4.69, 9.17) is 14.2 Å². The number of ether oxygens (including phenoxy) is 3. The lowest BCUT2D eigenvalue weighted by Crippen LogP contribution is -2.23. The van der Waals surface area contributed by atoms with E-state index >= 15 is 0 Å². The van der Waals surface area contributed by atoms with E-state index in [-0.39, 0.29) is 29.3 Å². The van der Waals surface area contributed by atoms with Crippen molar-refractivity contribution in [1.29, 1.82) is 0 Å². The number of hydrogen-bond donors (Lipinski definition) is 1. The van der Waals surface area contributed by atoms with Crippen molar-refractivity contribution in [2.24, 2.45) is 0 Å². The second-order valence-electron chi connectivity index (χ2n) is 9.05. The summed E-state index contributed by atoms with van der Waals surface area (Å²) in [5.74, 6) is -0.799. The average molecular weight is 479 g/mol. The van der Waals surface area contributed by atoms with Gasteiger partial charge in [0.05, 0.1) is 19.6 Å². The van der Waals surface area contributed by atoms with Gasteiger partial charge in [-0.25, -0.2) is 4.79 Å². The molecule has 4 rings (SSSR count). The van der Waals surface area contributed by atoms with E-state index in [1.807, 2.05) is 18.2 Å². The van der Waals surface area contributed by atoms with Crippen LogP contribution >= 0.6 is 0 Å². The van der Waals surface area contributed by atoms with Gasteiger partial charge in [0.25, 0.3) is 0 Å². The number of ketones is 1. The largest absolute Gasteiger partial charge is 0.507 e. The zero-order valence-corrected chi connectivity index (χ0v) is 20.0. The lowest BCUT2D eigenvalue weighted by molar-refractivity contribution is -0.135. The lowest BCUT2D eigenvalue weighted by Gasteiger charge is -2.28. The minimum Gasteiger partial charge on any atom is -0.507 e. The Bertz CT molecular complexity index is 1160. The van der Waals surface area contributed by atoms with Crippen molar-refractivity contribution in [3.8, 4) is 17.2 Å². The topological polar surface area (TPSA) is 99.1 Å². The Hall–Kier alpha value is -3.61. The SMILES string of the molecule is COc1cccc([C@H]2CC(=O)Oc3cc4c(c(O)c32)C(=O)O[C@H](C)CCCC(=O)CCCC=C4)c1. The van der Waals surface area contributed by atoms with E-state index in [0.29, 0.717) is 55.4 Å². The molecule has 2 aliphatic heterocycles. The van der Waals surface area contributed by atoms with E-state index in [0.717, 1.165) is 5.56 Å². The van der Waals surface area contributed by atoms with E-state index in [2.05, 4.69) is 0 Å². The second kappa shape index (κ2) is 10.8. The molecule has 35 heavy (non-hydrogen) atoms. The molecule has 0 amide bonds. The number of methoxy groups -OCH3 is 1. The van der Waals surface area contributed by atoms with Crippen LogP contribution in [-0.4, -0.2) is 36.0 Å². The maximum Gasteiger partial charge on any atom is 0.342 e. The Balaban J connectivity index is 1.81. The van der Waals surface area contributed by atoms with Gasteiger partial charge in [-0.05, 0) is 61.9 Å². The van der Waals surface area contributed by atoms with Crippen LogP contribution in [0.15, 0.2) is 36.4 Å². The van der Waals surface area contributed by atoms with Crippen molar-refractivity contribution in [3.05, 3.63) is 58.7 Å². The van der Waals surface area contributed by atoms with Gasteiger partial charge in [0, 0.05) is 24.3 Å². The van der Waals surface area contributed by atoms with Crippen LogP contribution in [0.5, 0.6) is 17.2 Å². The molecular formula is C28H30O7. The first-order chi connectivity index (χ1) is 16.9. The summed E-state index contributed by atoms with van der Waals surface area (Å²) in [5, 5.41) is 11.4. The predicted octanol–water partition coefficient (Wildman–Crippen LogP) is 5.32. The molecule has 2 atom stereocenters. The number of cyclic esters (lactones) is 1. The van der Waals surface area contributed by atoms with E-state index in [1.165, 1.54) is 0 Å². The molecule has 0 bridgehead atoms. The Morgan fingerprint density at radius 2 is 1.89 bits per heavy atom. The van der Waals surface area contributed by atoms with Gasteiger partial charge in [-0.2, -0.15) is 0 Å². The molecule has 0 saturated carbocycles. The van der Waals surface area contributed by atoms with Gasteiger partial charge >= 0.3 is 11.9 Å². The molecule has 7 nitrogen and oxygen atoms in total. The van der Waals surface area contributed by atoms with Crippen molar-refractivity contribution < 1.29 is 33.7 Å². The van der Waals surface area contributed by atoms with Crippen LogP contribution in [0.25, 0.3) is 6.08 Å². The summed E-state index contributed by atoms with van der Waals surface area (Å²) in [4.78, 5) is 37.8.